The van der Waals surface area contributed by atoms with Crippen LogP contribution in [0.3, 0.4) is 0 Å². The molecule has 7 heterocycles. The highest BCUT2D eigenvalue weighted by molar-refractivity contribution is 5.87. The van der Waals surface area contributed by atoms with Crippen LogP contribution in [0.1, 0.15) is 28.4 Å². The summed E-state index contributed by atoms with van der Waals surface area (Å²) >= 11 is 0. The molecule has 1 N–H and O–H groups in total. The van der Waals surface area contributed by atoms with Gasteiger partial charge in [-0.3, -0.25) is 14.5 Å². The zero-order valence-corrected chi connectivity index (χ0v) is 32.7. The number of carbonyl (C=O) groups excluding carboxylic acids is 1. The van der Waals surface area contributed by atoms with Crippen molar-refractivity contribution in [2.75, 3.05) is 38.8 Å². The van der Waals surface area contributed by atoms with E-state index in [2.05, 4.69) is 43.2 Å². The van der Waals surface area contributed by atoms with Crippen LogP contribution in [0.2, 0.25) is 0 Å². The molecule has 3 aliphatic rings. The number of rotatable bonds is 9. The number of benzene rings is 2. The van der Waals surface area contributed by atoms with Gasteiger partial charge in [-0.05, 0) is 34.9 Å². The van der Waals surface area contributed by atoms with Crippen molar-refractivity contribution in [1.82, 2.24) is 39.2 Å². The van der Waals surface area contributed by atoms with Gasteiger partial charge in [0.05, 0.1) is 49.3 Å². The molecule has 10 rings (SSSR count). The molecule has 2 aromatic carbocycles. The molecule has 0 radical (unpaired) electrons. The number of aliphatic hydroxyl groups is 1. The summed E-state index contributed by atoms with van der Waals surface area (Å²) in [7, 11) is 5.19. The second-order valence-corrected chi connectivity index (χ2v) is 15.5. The number of pyridine rings is 3. The van der Waals surface area contributed by atoms with Crippen LogP contribution in [0.25, 0.3) is 38.9 Å². The molecule has 1 unspecified atom stereocenters. The Hall–Kier alpha value is -7.08. The fraction of sp³-hybridized carbons (Fsp3) is 0.244. The molecule has 14 nitrogen and oxygen atoms in total. The first kappa shape index (κ1) is 36.3. The standard InChI is InChI=1S/C45H40N10O4/c1-51-23-32(21-49-51)30-16-37(41-31(17-46)20-50-55(41)24-30)29-13-14-39(47-19-29)54-25-38-43(54)45(27-56,26-53(38)22-28-12-15-40(58-3)48-18-28)52(2)44(57)59-42-35-10-6-4-8-33(35)34-9-5-7-11-36(34)42/h4-16,18-21,23-24,38,42-43,56H,22,25-27H2,1-3H3/t38-,43+,45?/m0/s1. The summed E-state index contributed by atoms with van der Waals surface area (Å²) in [5.41, 5.74) is 8.46. The number of methoxy groups -OCH3 is 1. The molecule has 3 atom stereocenters. The number of ether oxygens (including phenoxy) is 2. The van der Waals surface area contributed by atoms with Crippen molar-refractivity contribution in [2.45, 2.75) is 30.3 Å². The SMILES string of the molecule is COc1ccc(CN2CC(CO)(N(C)C(=O)OC3c4ccccc4-c4ccccc43)[C@H]3[C@@H]2CN3c2ccc(-c3cc(-c4cnn(C)c4)cn4ncc(C#N)c34)cn2)cn1. The minimum absolute atomic E-state index is 0.0188. The second-order valence-electron chi connectivity index (χ2n) is 15.5. The average Bonchev–Trinajstić information content (AvgIpc) is 4.02. The van der Waals surface area contributed by atoms with Gasteiger partial charge >= 0.3 is 6.09 Å². The van der Waals surface area contributed by atoms with Gasteiger partial charge in [0.25, 0.3) is 0 Å². The largest absolute Gasteiger partial charge is 0.481 e. The van der Waals surface area contributed by atoms with Gasteiger partial charge in [-0.2, -0.15) is 15.5 Å². The molecule has 2 aliphatic heterocycles. The van der Waals surface area contributed by atoms with Gasteiger partial charge in [-0.15, -0.1) is 0 Å². The molecular formula is C45H40N10O4. The summed E-state index contributed by atoms with van der Waals surface area (Å²) in [6.45, 7) is 1.26. The highest BCUT2D eigenvalue weighted by Crippen LogP contribution is 2.48. The molecule has 59 heavy (non-hydrogen) atoms. The number of fused-ring (bicyclic) bond motifs is 5. The van der Waals surface area contributed by atoms with E-state index >= 15 is 0 Å². The Morgan fingerprint density at radius 3 is 2.34 bits per heavy atom. The molecule has 1 aliphatic carbocycles. The third-order valence-corrected chi connectivity index (χ3v) is 12.3. The number of aromatic nitrogens is 6. The summed E-state index contributed by atoms with van der Waals surface area (Å²) in [6, 6.07) is 27.8. The van der Waals surface area contributed by atoms with Crippen molar-refractivity contribution in [3.05, 3.63) is 138 Å². The summed E-state index contributed by atoms with van der Waals surface area (Å²) < 4.78 is 15.2. The van der Waals surface area contributed by atoms with E-state index in [-0.39, 0.29) is 18.7 Å². The number of nitrogens with zero attached hydrogens (tertiary/aromatic N) is 10. The molecule has 7 aromatic rings. The molecule has 2 fully saturated rings. The van der Waals surface area contributed by atoms with Crippen molar-refractivity contribution in [3.8, 4) is 45.3 Å². The van der Waals surface area contributed by atoms with E-state index in [1.54, 1.807) is 46.8 Å². The van der Waals surface area contributed by atoms with E-state index in [0.717, 1.165) is 50.1 Å². The van der Waals surface area contributed by atoms with E-state index in [1.165, 1.54) is 0 Å². The Bertz CT molecular complexity index is 2730. The Labute approximate surface area is 340 Å². The van der Waals surface area contributed by atoms with Crippen molar-refractivity contribution < 1.29 is 19.4 Å². The summed E-state index contributed by atoms with van der Waals surface area (Å²) in [6.07, 6.45) is 9.70. The maximum absolute atomic E-state index is 14.5. The molecule has 0 saturated carbocycles. The lowest BCUT2D eigenvalue weighted by molar-refractivity contribution is 0.0135. The van der Waals surface area contributed by atoms with E-state index in [0.29, 0.717) is 42.4 Å². The number of anilines is 1. The van der Waals surface area contributed by atoms with Crippen LogP contribution in [0.15, 0.2) is 116 Å². The van der Waals surface area contributed by atoms with Crippen LogP contribution >= 0.6 is 0 Å². The first-order chi connectivity index (χ1) is 28.8. The Morgan fingerprint density at radius 2 is 1.69 bits per heavy atom. The number of amides is 1. The van der Waals surface area contributed by atoms with E-state index in [1.807, 2.05) is 92.4 Å². The topological polar surface area (TPSA) is 150 Å². The van der Waals surface area contributed by atoms with Crippen molar-refractivity contribution in [2.24, 2.45) is 7.05 Å². The normalized spacial score (nSPS) is 19.5. The third-order valence-electron chi connectivity index (χ3n) is 12.3. The van der Waals surface area contributed by atoms with Crippen molar-refractivity contribution in [1.29, 1.82) is 5.26 Å². The molecule has 5 aromatic heterocycles. The lowest BCUT2D eigenvalue weighted by atomic mass is 9.82. The molecule has 1 amide bonds. The van der Waals surface area contributed by atoms with Gasteiger partial charge in [0.15, 0.2) is 6.10 Å². The predicted molar refractivity (Wildman–Crippen MR) is 219 cm³/mol. The van der Waals surface area contributed by atoms with Crippen LogP contribution in [0.4, 0.5) is 10.6 Å². The zero-order chi connectivity index (χ0) is 40.4. The summed E-state index contributed by atoms with van der Waals surface area (Å²) in [5, 5.41) is 30.3. The molecule has 294 valence electrons. The number of aliphatic hydroxyl groups excluding tert-OH is 1. The molecule has 2 saturated heterocycles. The monoisotopic (exact) mass is 784 g/mol. The molecule has 14 heteroatoms. The first-order valence-electron chi connectivity index (χ1n) is 19.4. The fourth-order valence-corrected chi connectivity index (χ4v) is 9.30. The van der Waals surface area contributed by atoms with Crippen LogP contribution in [0.5, 0.6) is 5.88 Å². The molecule has 0 bridgehead atoms. The van der Waals surface area contributed by atoms with Crippen LogP contribution < -0.4 is 9.64 Å². The average molecular weight is 785 g/mol. The quantitative estimate of drug-likeness (QED) is 0.192. The van der Waals surface area contributed by atoms with E-state index < -0.39 is 17.7 Å². The lowest BCUT2D eigenvalue weighted by Gasteiger charge is -2.54. The van der Waals surface area contributed by atoms with Crippen LogP contribution in [-0.2, 0) is 18.3 Å². The zero-order valence-electron chi connectivity index (χ0n) is 32.7. The summed E-state index contributed by atoms with van der Waals surface area (Å²) in [4.78, 5) is 30.0. The van der Waals surface area contributed by atoms with Crippen LogP contribution in [-0.4, -0.2) is 102 Å². The van der Waals surface area contributed by atoms with Gasteiger partial charge in [0.1, 0.15) is 17.4 Å². The predicted octanol–water partition coefficient (Wildman–Crippen LogP) is 5.71. The minimum atomic E-state index is -1.05. The number of hydrogen-bond donors (Lipinski definition) is 1. The Morgan fingerprint density at radius 1 is 0.915 bits per heavy atom. The van der Waals surface area contributed by atoms with Gasteiger partial charge in [-0.1, -0.05) is 54.6 Å². The van der Waals surface area contributed by atoms with E-state index in [9.17, 15) is 15.2 Å². The molecular weight excluding hydrogens is 745 g/mol. The van der Waals surface area contributed by atoms with Crippen LogP contribution in [0, 0.1) is 11.3 Å². The maximum Gasteiger partial charge on any atom is 0.411 e. The number of hydrogen-bond acceptors (Lipinski definition) is 11. The number of carbonyl (C=O) groups is 1. The number of likely N-dealkylation sites (N-methyl/N-ethyl adjacent to an activating group) is 1. The number of nitriles is 1. The summed E-state index contributed by atoms with van der Waals surface area (Å²) in [5.74, 6) is 1.23. The van der Waals surface area contributed by atoms with Gasteiger partial charge < -0.3 is 19.5 Å². The highest BCUT2D eigenvalue weighted by Gasteiger charge is 2.64. The Kier molecular flexibility index (Phi) is 8.66. The highest BCUT2D eigenvalue weighted by atomic mass is 16.6. The fourth-order valence-electron chi connectivity index (χ4n) is 9.30. The Balaban J connectivity index is 0.987. The van der Waals surface area contributed by atoms with Gasteiger partial charge in [0, 0.05) is 98.0 Å². The smallest absolute Gasteiger partial charge is 0.411 e. The first-order valence-corrected chi connectivity index (χ1v) is 19.4. The number of likely N-dealkylation sites (tertiary alicyclic amines) is 1. The van der Waals surface area contributed by atoms with Crippen molar-refractivity contribution in [3.63, 3.8) is 0 Å². The molecule has 0 spiro atoms. The van der Waals surface area contributed by atoms with Crippen molar-refractivity contribution >= 4 is 17.4 Å². The number of aryl methyl sites for hydroxylation is 1. The second kappa shape index (κ2) is 14.1. The minimum Gasteiger partial charge on any atom is -0.481 e. The maximum atomic E-state index is 14.5. The lowest BCUT2D eigenvalue weighted by Crippen LogP contribution is -2.73. The third kappa shape index (κ3) is 5.80. The van der Waals surface area contributed by atoms with E-state index in [4.69, 9.17) is 14.5 Å². The van der Waals surface area contributed by atoms with Gasteiger partial charge in [0.2, 0.25) is 5.88 Å². The van der Waals surface area contributed by atoms with Gasteiger partial charge in [-0.25, -0.2) is 19.3 Å².